The number of nitrogens with zero attached hydrogens (tertiary/aromatic N) is 1. The monoisotopic (exact) mass is 413 g/mol. The van der Waals surface area contributed by atoms with Gasteiger partial charge in [0.15, 0.2) is 0 Å². The van der Waals surface area contributed by atoms with E-state index >= 15 is 0 Å². The Kier molecular flexibility index (Phi) is 3.84. The number of ether oxygens (including phenoxy) is 1. The summed E-state index contributed by atoms with van der Waals surface area (Å²) < 4.78 is 5.98. The summed E-state index contributed by atoms with van der Waals surface area (Å²) in [5.41, 5.74) is 2.00. The van der Waals surface area contributed by atoms with Crippen molar-refractivity contribution in [2.24, 2.45) is 35.5 Å². The fraction of sp³-hybridized carbons (Fsp3) is 0.407. The van der Waals surface area contributed by atoms with Crippen LogP contribution in [0, 0.1) is 35.5 Å². The van der Waals surface area contributed by atoms with Crippen LogP contribution in [-0.4, -0.2) is 11.8 Å². The maximum Gasteiger partial charge on any atom is 0.238 e. The molecular formula is C27H27NO3. The third kappa shape index (κ3) is 2.80. The van der Waals surface area contributed by atoms with Gasteiger partial charge in [0.05, 0.1) is 17.5 Å². The average molecular weight is 414 g/mol. The Morgan fingerprint density at radius 2 is 1.26 bits per heavy atom. The molecule has 2 saturated carbocycles. The van der Waals surface area contributed by atoms with E-state index in [9.17, 15) is 9.59 Å². The van der Waals surface area contributed by atoms with Crippen LogP contribution >= 0.6 is 0 Å². The SMILES string of the molecule is CC(C)(C)c1ccc(Oc2ccc(N3C(=O)[C@@H]4[C@H]5C=C[C@@H]([C@@H]6C[C@@H]56)[C@@H]4C3=O)cc2)cc1. The van der Waals surface area contributed by atoms with Crippen LogP contribution in [0.1, 0.15) is 32.8 Å². The molecule has 4 nitrogen and oxygen atoms in total. The van der Waals surface area contributed by atoms with Crippen molar-refractivity contribution in [3.63, 3.8) is 0 Å². The highest BCUT2D eigenvalue weighted by Crippen LogP contribution is 2.65. The van der Waals surface area contributed by atoms with Gasteiger partial charge in [-0.05, 0) is 77.5 Å². The lowest BCUT2D eigenvalue weighted by atomic mass is 9.63. The normalized spacial score (nSPS) is 32.8. The van der Waals surface area contributed by atoms with Crippen molar-refractivity contribution in [2.45, 2.75) is 32.6 Å². The summed E-state index contributed by atoms with van der Waals surface area (Å²) in [6.07, 6.45) is 5.59. The minimum Gasteiger partial charge on any atom is -0.457 e. The van der Waals surface area contributed by atoms with Crippen molar-refractivity contribution in [2.75, 3.05) is 4.90 Å². The summed E-state index contributed by atoms with van der Waals surface area (Å²) in [4.78, 5) is 27.9. The molecule has 4 aliphatic carbocycles. The molecule has 158 valence electrons. The standard InChI is InChI=1S/C27H27NO3/c1-27(2,3)15-4-8-17(9-5-15)31-18-10-6-16(7-11-18)28-25(29)23-19-12-13-20(22-14-21(19)22)24(23)26(28)30/h4-13,19-24H,14H2,1-3H3/t19-,20-,21-,22-,23-,24+/m0/s1. The van der Waals surface area contributed by atoms with Crippen LogP contribution in [0.25, 0.3) is 0 Å². The fourth-order valence-corrected chi connectivity index (χ4v) is 6.03. The molecule has 2 amide bonds. The summed E-state index contributed by atoms with van der Waals surface area (Å²) in [5.74, 6) is 2.82. The van der Waals surface area contributed by atoms with Crippen molar-refractivity contribution < 1.29 is 14.3 Å². The third-order valence-corrected chi connectivity index (χ3v) is 7.71. The summed E-state index contributed by atoms with van der Waals surface area (Å²) >= 11 is 0. The lowest BCUT2D eigenvalue weighted by Gasteiger charge is -2.37. The van der Waals surface area contributed by atoms with Gasteiger partial charge in [0.25, 0.3) is 0 Å². The van der Waals surface area contributed by atoms with Crippen LogP contribution in [0.3, 0.4) is 0 Å². The molecule has 2 bridgehead atoms. The minimum absolute atomic E-state index is 0.0221. The third-order valence-electron chi connectivity index (χ3n) is 7.71. The molecule has 0 spiro atoms. The van der Waals surface area contributed by atoms with Crippen molar-refractivity contribution >= 4 is 17.5 Å². The number of benzene rings is 2. The highest BCUT2D eigenvalue weighted by molar-refractivity contribution is 6.22. The molecule has 4 heteroatoms. The Hall–Kier alpha value is -2.88. The number of anilines is 1. The van der Waals surface area contributed by atoms with E-state index in [1.807, 2.05) is 36.4 Å². The largest absolute Gasteiger partial charge is 0.457 e. The maximum absolute atomic E-state index is 13.2. The lowest BCUT2D eigenvalue weighted by molar-refractivity contribution is -0.124. The van der Waals surface area contributed by atoms with Crippen LogP contribution in [-0.2, 0) is 15.0 Å². The molecule has 3 fully saturated rings. The van der Waals surface area contributed by atoms with E-state index in [4.69, 9.17) is 4.74 Å². The van der Waals surface area contributed by atoms with Gasteiger partial charge in [-0.3, -0.25) is 14.5 Å². The Morgan fingerprint density at radius 3 is 1.74 bits per heavy atom. The molecule has 6 atom stereocenters. The predicted octanol–water partition coefficient (Wildman–Crippen LogP) is 5.33. The second-order valence-corrected chi connectivity index (χ2v) is 10.5. The van der Waals surface area contributed by atoms with E-state index in [1.165, 1.54) is 16.9 Å². The van der Waals surface area contributed by atoms with Crippen molar-refractivity contribution in [3.8, 4) is 11.5 Å². The number of allylic oxidation sites excluding steroid dienone is 2. The summed E-state index contributed by atoms with van der Waals surface area (Å²) in [5, 5.41) is 0. The molecule has 31 heavy (non-hydrogen) atoms. The van der Waals surface area contributed by atoms with E-state index in [1.54, 1.807) is 0 Å². The maximum atomic E-state index is 13.2. The van der Waals surface area contributed by atoms with Crippen LogP contribution in [0.15, 0.2) is 60.7 Å². The molecule has 0 aromatic heterocycles. The van der Waals surface area contributed by atoms with Gasteiger partial charge in [-0.2, -0.15) is 0 Å². The quantitative estimate of drug-likeness (QED) is 0.504. The zero-order valence-corrected chi connectivity index (χ0v) is 18.1. The number of carbonyl (C=O) groups excluding carboxylic acids is 2. The topological polar surface area (TPSA) is 46.6 Å². The van der Waals surface area contributed by atoms with Gasteiger partial charge >= 0.3 is 0 Å². The number of amides is 2. The van der Waals surface area contributed by atoms with E-state index in [0.29, 0.717) is 23.3 Å². The summed E-state index contributed by atoms with van der Waals surface area (Å²) in [7, 11) is 0. The molecular weight excluding hydrogens is 386 g/mol. The van der Waals surface area contributed by atoms with Crippen LogP contribution in [0.2, 0.25) is 0 Å². The van der Waals surface area contributed by atoms with Gasteiger partial charge in [-0.25, -0.2) is 0 Å². The van der Waals surface area contributed by atoms with E-state index in [0.717, 1.165) is 5.75 Å². The smallest absolute Gasteiger partial charge is 0.238 e. The Bertz CT molecular complexity index is 1060. The van der Waals surface area contributed by atoms with Gasteiger partial charge in [-0.1, -0.05) is 45.1 Å². The molecule has 0 radical (unpaired) electrons. The van der Waals surface area contributed by atoms with Gasteiger partial charge in [0, 0.05) is 0 Å². The molecule has 0 N–H and O–H groups in total. The van der Waals surface area contributed by atoms with Gasteiger partial charge in [-0.15, -0.1) is 0 Å². The number of rotatable bonds is 3. The first kappa shape index (κ1) is 18.9. The van der Waals surface area contributed by atoms with E-state index in [2.05, 4.69) is 45.1 Å². The summed E-state index contributed by atoms with van der Waals surface area (Å²) in [6.45, 7) is 6.55. The number of hydrogen-bond acceptors (Lipinski definition) is 3. The second-order valence-electron chi connectivity index (χ2n) is 10.5. The first-order valence-electron chi connectivity index (χ1n) is 11.3. The number of hydrogen-bond donors (Lipinski definition) is 0. The Balaban J connectivity index is 1.21. The molecule has 2 aromatic carbocycles. The summed E-state index contributed by atoms with van der Waals surface area (Å²) in [6, 6.07) is 15.4. The van der Waals surface area contributed by atoms with Crippen LogP contribution in [0.4, 0.5) is 5.69 Å². The fourth-order valence-electron chi connectivity index (χ4n) is 6.03. The molecule has 1 aliphatic heterocycles. The Labute approximate surface area is 182 Å². The zero-order chi connectivity index (χ0) is 21.5. The van der Waals surface area contributed by atoms with Crippen LogP contribution in [0.5, 0.6) is 11.5 Å². The second kappa shape index (κ2) is 6.32. The van der Waals surface area contributed by atoms with Gasteiger partial charge in [0.1, 0.15) is 11.5 Å². The van der Waals surface area contributed by atoms with Crippen molar-refractivity contribution in [1.82, 2.24) is 0 Å². The van der Waals surface area contributed by atoms with Crippen molar-refractivity contribution in [3.05, 3.63) is 66.2 Å². The van der Waals surface area contributed by atoms with Crippen molar-refractivity contribution in [1.29, 1.82) is 0 Å². The average Bonchev–Trinajstić information content (AvgIpc) is 3.52. The number of carbonyl (C=O) groups is 2. The molecule has 0 unspecified atom stereocenters. The van der Waals surface area contributed by atoms with E-state index in [-0.39, 0.29) is 40.9 Å². The van der Waals surface area contributed by atoms with Gasteiger partial charge in [0.2, 0.25) is 11.8 Å². The zero-order valence-electron chi connectivity index (χ0n) is 18.1. The highest BCUT2D eigenvalue weighted by atomic mass is 16.5. The molecule has 2 aromatic rings. The van der Waals surface area contributed by atoms with E-state index < -0.39 is 0 Å². The molecule has 1 saturated heterocycles. The minimum atomic E-state index is -0.163. The first-order chi connectivity index (χ1) is 14.8. The van der Waals surface area contributed by atoms with Gasteiger partial charge < -0.3 is 4.74 Å². The van der Waals surface area contributed by atoms with Crippen LogP contribution < -0.4 is 9.64 Å². The predicted molar refractivity (Wildman–Crippen MR) is 119 cm³/mol. The first-order valence-corrected chi connectivity index (χ1v) is 11.3. The molecule has 1 heterocycles. The highest BCUT2D eigenvalue weighted by Gasteiger charge is 2.67. The Morgan fingerprint density at radius 1 is 0.774 bits per heavy atom. The molecule has 5 aliphatic rings. The molecule has 7 rings (SSSR count). The lowest BCUT2D eigenvalue weighted by Crippen LogP contribution is -2.40. The number of imide groups is 1.